The summed E-state index contributed by atoms with van der Waals surface area (Å²) < 4.78 is 11.6. The molecule has 8 heteroatoms. The van der Waals surface area contributed by atoms with Crippen LogP contribution in [0.25, 0.3) is 11.0 Å². The van der Waals surface area contributed by atoms with Gasteiger partial charge in [-0.15, -0.1) is 0 Å². The van der Waals surface area contributed by atoms with Gasteiger partial charge in [-0.25, -0.2) is 9.59 Å². The Bertz CT molecular complexity index is 1310. The molecule has 0 radical (unpaired) electrons. The van der Waals surface area contributed by atoms with Crippen LogP contribution in [0.1, 0.15) is 42.5 Å². The molecule has 1 aliphatic heterocycles. The van der Waals surface area contributed by atoms with E-state index in [2.05, 4.69) is 5.32 Å². The van der Waals surface area contributed by atoms with Crippen LogP contribution in [0.4, 0.5) is 0 Å². The molecule has 2 heterocycles. The SMILES string of the molecule is Cc1c(CC(=O)NC(CSCc2ccccc2)C(=O)O)c(=O)oc2cc3c(cc12)CCC(C)(C)O3. The lowest BCUT2D eigenvalue weighted by atomic mass is 9.92. The smallest absolute Gasteiger partial charge is 0.340 e. The second-order valence-electron chi connectivity index (χ2n) is 9.45. The van der Waals surface area contributed by atoms with E-state index in [4.69, 9.17) is 9.15 Å². The van der Waals surface area contributed by atoms with Crippen LogP contribution in [-0.4, -0.2) is 34.4 Å². The normalized spacial score (nSPS) is 15.2. The highest BCUT2D eigenvalue weighted by Crippen LogP contribution is 2.36. The zero-order valence-corrected chi connectivity index (χ0v) is 20.9. The lowest BCUT2D eigenvalue weighted by Crippen LogP contribution is -2.43. The van der Waals surface area contributed by atoms with E-state index in [0.717, 1.165) is 29.4 Å². The van der Waals surface area contributed by atoms with Crippen molar-refractivity contribution in [3.8, 4) is 5.75 Å². The first-order valence-corrected chi connectivity index (χ1v) is 12.7. The zero-order valence-electron chi connectivity index (χ0n) is 20.1. The Morgan fingerprint density at radius 2 is 1.94 bits per heavy atom. The number of nitrogens with one attached hydrogen (secondary N) is 1. The topological polar surface area (TPSA) is 106 Å². The Labute approximate surface area is 207 Å². The third kappa shape index (κ3) is 5.88. The molecule has 0 fully saturated rings. The number of fused-ring (bicyclic) bond motifs is 2. The lowest BCUT2D eigenvalue weighted by Gasteiger charge is -2.32. The van der Waals surface area contributed by atoms with Gasteiger partial charge in [-0.3, -0.25) is 4.79 Å². The molecule has 1 amide bonds. The molecule has 7 nitrogen and oxygen atoms in total. The molecule has 2 aromatic carbocycles. The highest BCUT2D eigenvalue weighted by molar-refractivity contribution is 7.98. The number of rotatable bonds is 8. The number of hydrogen-bond donors (Lipinski definition) is 2. The molecule has 184 valence electrons. The quantitative estimate of drug-likeness (QED) is 0.450. The number of benzene rings is 2. The standard InChI is InChI=1S/C27H29NO6S/c1-16-19-11-18-9-10-27(2,3)34-22(18)13-23(19)33-26(32)20(16)12-24(29)28-21(25(30)31)15-35-14-17-7-5-4-6-8-17/h4-8,11,13,21H,9-10,12,14-15H2,1-3H3,(H,28,29)(H,30,31). The van der Waals surface area contributed by atoms with Crippen LogP contribution in [0.5, 0.6) is 5.75 Å². The summed E-state index contributed by atoms with van der Waals surface area (Å²) in [7, 11) is 0. The van der Waals surface area contributed by atoms with Gasteiger partial charge in [0.1, 0.15) is 23.0 Å². The largest absolute Gasteiger partial charge is 0.487 e. The van der Waals surface area contributed by atoms with Crippen LogP contribution in [0.15, 0.2) is 51.7 Å². The second-order valence-corrected chi connectivity index (χ2v) is 10.5. The van der Waals surface area contributed by atoms with E-state index < -0.39 is 23.5 Å². The van der Waals surface area contributed by atoms with Crippen LogP contribution in [0.3, 0.4) is 0 Å². The maximum atomic E-state index is 12.7. The Morgan fingerprint density at radius 1 is 1.20 bits per heavy atom. The molecule has 0 saturated heterocycles. The summed E-state index contributed by atoms with van der Waals surface area (Å²) >= 11 is 1.42. The summed E-state index contributed by atoms with van der Waals surface area (Å²) in [5, 5.41) is 12.9. The van der Waals surface area contributed by atoms with Crippen LogP contribution in [0.2, 0.25) is 0 Å². The monoisotopic (exact) mass is 495 g/mol. The van der Waals surface area contributed by atoms with Gasteiger partial charge in [0.05, 0.1) is 12.0 Å². The number of hydrogen-bond acceptors (Lipinski definition) is 6. The van der Waals surface area contributed by atoms with Crippen molar-refractivity contribution >= 4 is 34.6 Å². The zero-order chi connectivity index (χ0) is 25.2. The molecule has 0 saturated carbocycles. The van der Waals surface area contributed by atoms with Gasteiger partial charge < -0.3 is 19.6 Å². The molecule has 0 spiro atoms. The number of carboxylic acids is 1. The molecule has 4 rings (SSSR count). The van der Waals surface area contributed by atoms with Gasteiger partial charge in [0.2, 0.25) is 5.91 Å². The highest BCUT2D eigenvalue weighted by atomic mass is 32.2. The molecule has 1 aliphatic rings. The number of carboxylic acid groups (broad SMARTS) is 1. The average Bonchev–Trinajstić information content (AvgIpc) is 2.80. The fourth-order valence-electron chi connectivity index (χ4n) is 4.19. The van der Waals surface area contributed by atoms with E-state index in [9.17, 15) is 19.5 Å². The number of amides is 1. The van der Waals surface area contributed by atoms with E-state index in [1.54, 1.807) is 13.0 Å². The van der Waals surface area contributed by atoms with Gasteiger partial charge in [0.25, 0.3) is 0 Å². The molecular formula is C27H29NO6S. The van der Waals surface area contributed by atoms with Crippen molar-refractivity contribution in [1.82, 2.24) is 5.32 Å². The van der Waals surface area contributed by atoms with Crippen LogP contribution >= 0.6 is 11.8 Å². The van der Waals surface area contributed by atoms with Crippen LogP contribution in [0, 0.1) is 6.92 Å². The van der Waals surface area contributed by atoms with Crippen molar-refractivity contribution in [2.45, 2.75) is 57.4 Å². The molecule has 1 aromatic heterocycles. The van der Waals surface area contributed by atoms with E-state index >= 15 is 0 Å². The maximum absolute atomic E-state index is 12.7. The van der Waals surface area contributed by atoms with E-state index in [0.29, 0.717) is 22.6 Å². The van der Waals surface area contributed by atoms with Gasteiger partial charge in [0, 0.05) is 23.0 Å². The van der Waals surface area contributed by atoms with Crippen molar-refractivity contribution < 1.29 is 23.8 Å². The fourth-order valence-corrected chi connectivity index (χ4v) is 5.20. The van der Waals surface area contributed by atoms with Crippen molar-refractivity contribution in [3.63, 3.8) is 0 Å². The Balaban J connectivity index is 1.48. The molecule has 1 atom stereocenters. The number of aliphatic carboxylic acids is 1. The van der Waals surface area contributed by atoms with E-state index in [1.165, 1.54) is 11.8 Å². The molecule has 1 unspecified atom stereocenters. The number of carbonyl (C=O) groups is 2. The van der Waals surface area contributed by atoms with Gasteiger partial charge in [-0.2, -0.15) is 11.8 Å². The third-order valence-corrected chi connectivity index (χ3v) is 7.32. The summed E-state index contributed by atoms with van der Waals surface area (Å²) in [5.74, 6) is -0.0895. The summed E-state index contributed by atoms with van der Waals surface area (Å²) in [6.07, 6.45) is 1.46. The molecule has 0 aliphatic carbocycles. The van der Waals surface area contributed by atoms with Crippen molar-refractivity contribution in [2.75, 3.05) is 5.75 Å². The van der Waals surface area contributed by atoms with E-state index in [-0.39, 0.29) is 23.3 Å². The number of thioether (sulfide) groups is 1. The predicted molar refractivity (Wildman–Crippen MR) is 136 cm³/mol. The van der Waals surface area contributed by atoms with Crippen molar-refractivity contribution in [1.29, 1.82) is 0 Å². The summed E-state index contributed by atoms with van der Waals surface area (Å²) in [5.41, 5.74) is 2.52. The number of ether oxygens (including phenoxy) is 1. The first-order chi connectivity index (χ1) is 16.6. The van der Waals surface area contributed by atoms with Gasteiger partial charge in [0.15, 0.2) is 0 Å². The Hall–Kier alpha value is -3.26. The van der Waals surface area contributed by atoms with Gasteiger partial charge in [-0.05, 0) is 56.4 Å². The highest BCUT2D eigenvalue weighted by Gasteiger charge is 2.28. The predicted octanol–water partition coefficient (Wildman–Crippen LogP) is 4.25. The lowest BCUT2D eigenvalue weighted by molar-refractivity contribution is -0.141. The molecule has 3 aromatic rings. The van der Waals surface area contributed by atoms with Crippen LogP contribution in [-0.2, 0) is 28.2 Å². The summed E-state index contributed by atoms with van der Waals surface area (Å²) in [6, 6.07) is 12.3. The minimum Gasteiger partial charge on any atom is -0.487 e. The maximum Gasteiger partial charge on any atom is 0.340 e. The summed E-state index contributed by atoms with van der Waals surface area (Å²) in [6.45, 7) is 5.83. The van der Waals surface area contributed by atoms with Crippen LogP contribution < -0.4 is 15.7 Å². The first-order valence-electron chi connectivity index (χ1n) is 11.5. The number of aryl methyl sites for hydroxylation is 2. The first kappa shape index (κ1) is 24.9. The average molecular weight is 496 g/mol. The van der Waals surface area contributed by atoms with Crippen molar-refractivity contribution in [3.05, 3.63) is 75.1 Å². The fraction of sp³-hybridized carbons (Fsp3) is 0.370. The number of carbonyl (C=O) groups excluding carboxylic acids is 1. The molecule has 0 bridgehead atoms. The molecule has 35 heavy (non-hydrogen) atoms. The molecular weight excluding hydrogens is 466 g/mol. The second kappa shape index (κ2) is 10.2. The van der Waals surface area contributed by atoms with Gasteiger partial charge >= 0.3 is 11.6 Å². The third-order valence-electron chi connectivity index (χ3n) is 6.22. The Kier molecular flexibility index (Phi) is 7.21. The molecule has 2 N–H and O–H groups in total. The minimum absolute atomic E-state index is 0.212. The summed E-state index contributed by atoms with van der Waals surface area (Å²) in [4.78, 5) is 37.1. The minimum atomic E-state index is -1.12. The van der Waals surface area contributed by atoms with Gasteiger partial charge in [-0.1, -0.05) is 30.3 Å². The van der Waals surface area contributed by atoms with E-state index in [1.807, 2.05) is 50.2 Å². The van der Waals surface area contributed by atoms with Crippen molar-refractivity contribution in [2.24, 2.45) is 0 Å². The Morgan fingerprint density at radius 3 is 2.66 bits per heavy atom.